The summed E-state index contributed by atoms with van der Waals surface area (Å²) in [5.74, 6) is 0.856. The molecular formula is C19H15N3O4. The second-order valence-electron chi connectivity index (χ2n) is 6.18. The van der Waals surface area contributed by atoms with Crippen LogP contribution >= 0.6 is 0 Å². The zero-order chi connectivity index (χ0) is 18.1. The summed E-state index contributed by atoms with van der Waals surface area (Å²) in [4.78, 5) is 26.9. The molecule has 7 nitrogen and oxygen atoms in total. The van der Waals surface area contributed by atoms with Gasteiger partial charge in [-0.15, -0.1) is 0 Å². The molecule has 0 radical (unpaired) electrons. The topological polar surface area (TPSA) is 98.3 Å². The van der Waals surface area contributed by atoms with E-state index >= 15 is 0 Å². The lowest BCUT2D eigenvalue weighted by atomic mass is 10.2. The molecule has 1 aliphatic rings. The van der Waals surface area contributed by atoms with Crippen LogP contribution in [-0.2, 0) is 4.79 Å². The lowest BCUT2D eigenvalue weighted by Crippen LogP contribution is -2.07. The summed E-state index contributed by atoms with van der Waals surface area (Å²) >= 11 is 0. The fourth-order valence-electron chi connectivity index (χ4n) is 2.63. The Morgan fingerprint density at radius 3 is 2.88 bits per heavy atom. The lowest BCUT2D eigenvalue weighted by molar-refractivity contribution is -0.384. The van der Waals surface area contributed by atoms with Gasteiger partial charge in [0.1, 0.15) is 5.52 Å². The molecule has 1 aromatic heterocycles. The number of aromatic nitrogens is 1. The van der Waals surface area contributed by atoms with Gasteiger partial charge in [-0.25, -0.2) is 4.98 Å². The van der Waals surface area contributed by atoms with Gasteiger partial charge in [0.25, 0.3) is 5.69 Å². The SMILES string of the molecule is O=C(C=Cc1cccc([N+](=O)[O-])c1)Nc1ccc2oc(C3CC3)nc2c1. The number of nitrogens with zero attached hydrogens (tertiary/aromatic N) is 2. The number of amides is 1. The van der Waals surface area contributed by atoms with Crippen molar-refractivity contribution in [1.29, 1.82) is 0 Å². The first-order chi connectivity index (χ1) is 12.6. The van der Waals surface area contributed by atoms with E-state index in [1.165, 1.54) is 24.3 Å². The molecule has 1 fully saturated rings. The zero-order valence-corrected chi connectivity index (χ0v) is 13.7. The van der Waals surface area contributed by atoms with E-state index in [1.54, 1.807) is 30.3 Å². The highest BCUT2D eigenvalue weighted by Crippen LogP contribution is 2.40. The van der Waals surface area contributed by atoms with Crippen molar-refractivity contribution in [2.24, 2.45) is 0 Å². The Morgan fingerprint density at radius 1 is 1.27 bits per heavy atom. The van der Waals surface area contributed by atoms with Crippen molar-refractivity contribution < 1.29 is 14.1 Å². The van der Waals surface area contributed by atoms with Crippen molar-refractivity contribution in [2.45, 2.75) is 18.8 Å². The number of oxazole rings is 1. The Labute approximate surface area is 148 Å². The van der Waals surface area contributed by atoms with Crippen LogP contribution in [0, 0.1) is 10.1 Å². The number of nitro benzene ring substituents is 1. The third-order valence-electron chi connectivity index (χ3n) is 4.11. The Balaban J connectivity index is 1.46. The van der Waals surface area contributed by atoms with E-state index in [1.807, 2.05) is 0 Å². The molecule has 26 heavy (non-hydrogen) atoms. The fraction of sp³-hybridized carbons (Fsp3) is 0.158. The number of rotatable bonds is 5. The maximum atomic E-state index is 12.1. The molecular weight excluding hydrogens is 334 g/mol. The van der Waals surface area contributed by atoms with E-state index in [2.05, 4.69) is 10.3 Å². The van der Waals surface area contributed by atoms with Crippen molar-refractivity contribution in [3.63, 3.8) is 0 Å². The third-order valence-corrected chi connectivity index (χ3v) is 4.11. The van der Waals surface area contributed by atoms with E-state index in [-0.39, 0.29) is 11.6 Å². The Bertz CT molecular complexity index is 1030. The molecule has 3 aromatic rings. The predicted octanol–water partition coefficient (Wildman–Crippen LogP) is 4.27. The molecule has 0 spiro atoms. The monoisotopic (exact) mass is 349 g/mol. The van der Waals surface area contributed by atoms with Crippen LogP contribution in [0.25, 0.3) is 17.2 Å². The third kappa shape index (κ3) is 3.46. The molecule has 1 heterocycles. The van der Waals surface area contributed by atoms with Crippen LogP contribution in [0.5, 0.6) is 0 Å². The second kappa shape index (κ2) is 6.44. The number of anilines is 1. The average Bonchev–Trinajstić information content (AvgIpc) is 3.40. The predicted molar refractivity (Wildman–Crippen MR) is 96.7 cm³/mol. The molecule has 0 aliphatic heterocycles. The molecule has 0 bridgehead atoms. The Hall–Kier alpha value is -3.48. The van der Waals surface area contributed by atoms with Gasteiger partial charge in [0.2, 0.25) is 5.91 Å². The van der Waals surface area contributed by atoms with Crippen LogP contribution in [0.15, 0.2) is 53.0 Å². The number of benzene rings is 2. The molecule has 4 rings (SSSR count). The number of nitrogens with one attached hydrogen (secondary N) is 1. The molecule has 1 amide bonds. The number of fused-ring (bicyclic) bond motifs is 1. The maximum absolute atomic E-state index is 12.1. The molecule has 0 saturated heterocycles. The van der Waals surface area contributed by atoms with Crippen LogP contribution in [0.3, 0.4) is 0 Å². The van der Waals surface area contributed by atoms with Crippen LogP contribution in [-0.4, -0.2) is 15.8 Å². The molecule has 0 unspecified atom stereocenters. The van der Waals surface area contributed by atoms with E-state index in [0.717, 1.165) is 18.7 Å². The highest BCUT2D eigenvalue weighted by atomic mass is 16.6. The first-order valence-corrected chi connectivity index (χ1v) is 8.22. The van der Waals surface area contributed by atoms with Crippen LogP contribution in [0.1, 0.15) is 30.2 Å². The summed E-state index contributed by atoms with van der Waals surface area (Å²) in [6.45, 7) is 0. The van der Waals surface area contributed by atoms with Crippen LogP contribution in [0.2, 0.25) is 0 Å². The minimum Gasteiger partial charge on any atom is -0.440 e. The van der Waals surface area contributed by atoms with E-state index in [4.69, 9.17) is 4.42 Å². The van der Waals surface area contributed by atoms with Gasteiger partial charge >= 0.3 is 0 Å². The molecule has 130 valence electrons. The highest BCUT2D eigenvalue weighted by Gasteiger charge is 2.28. The zero-order valence-electron chi connectivity index (χ0n) is 13.7. The molecule has 2 aromatic carbocycles. The Kier molecular flexibility index (Phi) is 3.96. The van der Waals surface area contributed by atoms with Gasteiger partial charge < -0.3 is 9.73 Å². The van der Waals surface area contributed by atoms with Crippen molar-refractivity contribution in [3.05, 3.63) is 70.1 Å². The smallest absolute Gasteiger partial charge is 0.270 e. The minimum atomic E-state index is -0.472. The van der Waals surface area contributed by atoms with E-state index in [9.17, 15) is 14.9 Å². The van der Waals surface area contributed by atoms with Crippen LogP contribution < -0.4 is 5.32 Å². The summed E-state index contributed by atoms with van der Waals surface area (Å²) in [6, 6.07) is 11.4. The number of non-ortho nitro benzene ring substituents is 1. The van der Waals surface area contributed by atoms with Crippen molar-refractivity contribution in [2.75, 3.05) is 5.32 Å². The summed E-state index contributed by atoms with van der Waals surface area (Å²) < 4.78 is 5.69. The van der Waals surface area contributed by atoms with Gasteiger partial charge in [0.05, 0.1) is 4.92 Å². The largest absolute Gasteiger partial charge is 0.440 e. The van der Waals surface area contributed by atoms with E-state index < -0.39 is 4.92 Å². The normalized spacial score (nSPS) is 14.0. The first-order valence-electron chi connectivity index (χ1n) is 8.22. The van der Waals surface area contributed by atoms with Gasteiger partial charge in [-0.3, -0.25) is 14.9 Å². The number of hydrogen-bond donors (Lipinski definition) is 1. The summed E-state index contributed by atoms with van der Waals surface area (Å²) in [5, 5.41) is 13.5. The summed E-state index contributed by atoms with van der Waals surface area (Å²) in [7, 11) is 0. The molecule has 1 aliphatic carbocycles. The molecule has 1 N–H and O–H groups in total. The molecule has 1 saturated carbocycles. The molecule has 7 heteroatoms. The molecule has 0 atom stereocenters. The summed E-state index contributed by atoms with van der Waals surface area (Å²) in [5.41, 5.74) is 2.59. The minimum absolute atomic E-state index is 0.0180. The highest BCUT2D eigenvalue weighted by molar-refractivity contribution is 6.02. The number of nitro groups is 1. The quantitative estimate of drug-likeness (QED) is 0.421. The second-order valence-corrected chi connectivity index (χ2v) is 6.18. The van der Waals surface area contributed by atoms with Gasteiger partial charge in [-0.1, -0.05) is 12.1 Å². The van der Waals surface area contributed by atoms with Gasteiger partial charge in [-0.2, -0.15) is 0 Å². The Morgan fingerprint density at radius 2 is 2.12 bits per heavy atom. The average molecular weight is 349 g/mol. The van der Waals surface area contributed by atoms with Gasteiger partial charge in [0, 0.05) is 29.8 Å². The number of carbonyl (C=O) groups is 1. The lowest BCUT2D eigenvalue weighted by Gasteiger charge is -2.01. The van der Waals surface area contributed by atoms with Crippen molar-refractivity contribution in [1.82, 2.24) is 4.98 Å². The van der Waals surface area contributed by atoms with Crippen LogP contribution in [0.4, 0.5) is 11.4 Å². The first kappa shape index (κ1) is 16.0. The number of hydrogen-bond acceptors (Lipinski definition) is 5. The van der Waals surface area contributed by atoms with Gasteiger partial charge in [0.15, 0.2) is 11.5 Å². The summed E-state index contributed by atoms with van der Waals surface area (Å²) in [6.07, 6.45) is 5.08. The standard InChI is InChI=1S/C19H15N3O4/c23-18(9-4-12-2-1-3-15(10-12)22(24)25)20-14-7-8-17-16(11-14)21-19(26-17)13-5-6-13/h1-4,7-11,13H,5-6H2,(H,20,23). The maximum Gasteiger partial charge on any atom is 0.270 e. The fourth-order valence-corrected chi connectivity index (χ4v) is 2.63. The number of carbonyl (C=O) groups excluding carboxylic acids is 1. The van der Waals surface area contributed by atoms with Crippen molar-refractivity contribution in [3.8, 4) is 0 Å². The van der Waals surface area contributed by atoms with Crippen molar-refractivity contribution >= 4 is 34.5 Å². The van der Waals surface area contributed by atoms with Gasteiger partial charge in [-0.05, 0) is 42.7 Å². The van der Waals surface area contributed by atoms with E-state index in [0.29, 0.717) is 28.3 Å².